The molecule has 0 aliphatic rings. The van der Waals surface area contributed by atoms with Crippen LogP contribution in [0.5, 0.6) is 0 Å². The van der Waals surface area contributed by atoms with Crippen molar-refractivity contribution in [3.63, 3.8) is 0 Å². The second kappa shape index (κ2) is 9.86. The molecule has 2 N–H and O–H groups in total. The van der Waals surface area contributed by atoms with E-state index in [9.17, 15) is 14.4 Å². The summed E-state index contributed by atoms with van der Waals surface area (Å²) < 4.78 is 6.84. The maximum absolute atomic E-state index is 12.7. The second-order valence-corrected chi connectivity index (χ2v) is 7.29. The molecular weight excluding hydrogens is 424 g/mol. The van der Waals surface area contributed by atoms with Gasteiger partial charge in [-0.05, 0) is 24.6 Å². The summed E-state index contributed by atoms with van der Waals surface area (Å²) in [5, 5.41) is 12.9. The lowest BCUT2D eigenvalue weighted by Gasteiger charge is -2.11. The van der Waals surface area contributed by atoms with Crippen molar-refractivity contribution in [2.75, 3.05) is 0 Å². The zero-order valence-electron chi connectivity index (χ0n) is 17.9. The normalized spacial score (nSPS) is 10.8. The van der Waals surface area contributed by atoms with Crippen LogP contribution < -0.4 is 16.4 Å². The molecule has 4 rings (SSSR count). The van der Waals surface area contributed by atoms with Crippen LogP contribution in [0.4, 0.5) is 0 Å². The lowest BCUT2D eigenvalue weighted by Crippen LogP contribution is -2.43. The van der Waals surface area contributed by atoms with E-state index in [1.165, 1.54) is 4.68 Å². The largest absolute Gasteiger partial charge is 0.421 e. The smallest absolute Gasteiger partial charge is 0.290 e. The number of nitrogens with zero attached hydrogens (tertiary/aromatic N) is 4. The third-order valence-corrected chi connectivity index (χ3v) is 4.89. The number of hydrogen-bond acceptors (Lipinski definition) is 7. The van der Waals surface area contributed by atoms with Crippen molar-refractivity contribution in [2.45, 2.75) is 32.7 Å². The number of rotatable bonds is 7. The monoisotopic (exact) mass is 446 g/mol. The molecule has 2 heterocycles. The van der Waals surface area contributed by atoms with Gasteiger partial charge in [0.25, 0.3) is 11.5 Å². The summed E-state index contributed by atoms with van der Waals surface area (Å²) in [5.74, 6) is -0.364. The lowest BCUT2D eigenvalue weighted by molar-refractivity contribution is -0.121. The minimum Gasteiger partial charge on any atom is -0.421 e. The second-order valence-electron chi connectivity index (χ2n) is 7.29. The van der Waals surface area contributed by atoms with Crippen molar-refractivity contribution in [3.8, 4) is 11.5 Å². The number of amides is 2. The summed E-state index contributed by atoms with van der Waals surface area (Å²) in [5.41, 5.74) is 5.31. The summed E-state index contributed by atoms with van der Waals surface area (Å²) in [4.78, 5) is 37.5. The van der Waals surface area contributed by atoms with E-state index in [4.69, 9.17) is 4.42 Å². The molecule has 10 heteroatoms. The Labute approximate surface area is 188 Å². The van der Waals surface area contributed by atoms with Crippen LogP contribution in [0.1, 0.15) is 36.1 Å². The predicted octanol–water partition coefficient (Wildman–Crippen LogP) is 2.25. The summed E-state index contributed by atoms with van der Waals surface area (Å²) in [6, 6.07) is 16.0. The first-order chi connectivity index (χ1) is 16.1. The van der Waals surface area contributed by atoms with Crippen LogP contribution in [0, 0.1) is 0 Å². The van der Waals surface area contributed by atoms with Gasteiger partial charge in [-0.25, -0.2) is 4.68 Å². The van der Waals surface area contributed by atoms with E-state index in [1.807, 2.05) is 37.3 Å². The van der Waals surface area contributed by atoms with E-state index >= 15 is 0 Å². The molecular formula is C23H22N6O4. The van der Waals surface area contributed by atoms with Crippen LogP contribution in [0.15, 0.2) is 63.8 Å². The third kappa shape index (κ3) is 4.95. The highest BCUT2D eigenvalue weighted by Gasteiger charge is 2.17. The Balaban J connectivity index is 1.39. The molecule has 0 spiro atoms. The van der Waals surface area contributed by atoms with Gasteiger partial charge in [-0.15, -0.1) is 10.2 Å². The highest BCUT2D eigenvalue weighted by molar-refractivity contribution is 6.05. The molecule has 2 amide bonds. The molecule has 0 unspecified atom stereocenters. The van der Waals surface area contributed by atoms with Gasteiger partial charge in [0.2, 0.25) is 17.7 Å². The molecule has 0 radical (unpaired) electrons. The van der Waals surface area contributed by atoms with E-state index in [2.05, 4.69) is 26.1 Å². The minimum absolute atomic E-state index is 0.0280. The molecule has 0 aliphatic carbocycles. The van der Waals surface area contributed by atoms with Crippen molar-refractivity contribution in [2.24, 2.45) is 0 Å². The fraction of sp³-hybridized carbons (Fsp3) is 0.217. The number of aromatic nitrogens is 4. The highest BCUT2D eigenvalue weighted by atomic mass is 16.4. The standard InChI is InChI=1S/C23H22N6O4/c1-2-14-29-23(32)17-11-7-6-10-16(17)20(28-29)21(31)26-24-18(30)12-13-19-25-27-22(33-19)15-8-4-3-5-9-15/h3-11H,2,12-14H2,1H3,(H,24,30)(H,26,31). The van der Waals surface area contributed by atoms with Gasteiger partial charge >= 0.3 is 0 Å². The zero-order valence-corrected chi connectivity index (χ0v) is 17.9. The number of aryl methyl sites for hydroxylation is 2. The van der Waals surface area contributed by atoms with Gasteiger partial charge in [0.1, 0.15) is 0 Å². The first kappa shape index (κ1) is 21.9. The average Bonchev–Trinajstić information content (AvgIpc) is 3.33. The third-order valence-electron chi connectivity index (χ3n) is 4.89. The van der Waals surface area contributed by atoms with E-state index in [0.29, 0.717) is 35.5 Å². The Morgan fingerprint density at radius 1 is 0.970 bits per heavy atom. The number of hydrazine groups is 1. The first-order valence-corrected chi connectivity index (χ1v) is 10.5. The average molecular weight is 446 g/mol. The molecule has 33 heavy (non-hydrogen) atoms. The van der Waals surface area contributed by atoms with Gasteiger partial charge in [0, 0.05) is 30.3 Å². The van der Waals surface area contributed by atoms with Crippen LogP contribution in [-0.2, 0) is 17.8 Å². The van der Waals surface area contributed by atoms with Crippen LogP contribution in [0.25, 0.3) is 22.2 Å². The molecule has 4 aromatic rings. The van der Waals surface area contributed by atoms with Crippen LogP contribution in [0.2, 0.25) is 0 Å². The van der Waals surface area contributed by atoms with E-state index in [0.717, 1.165) is 5.56 Å². The molecule has 10 nitrogen and oxygen atoms in total. The topological polar surface area (TPSA) is 132 Å². The van der Waals surface area contributed by atoms with Crippen LogP contribution >= 0.6 is 0 Å². The number of hydrogen-bond donors (Lipinski definition) is 2. The molecule has 0 saturated heterocycles. The minimum atomic E-state index is -0.617. The molecule has 0 fully saturated rings. The van der Waals surface area contributed by atoms with Gasteiger partial charge in [-0.2, -0.15) is 5.10 Å². The van der Waals surface area contributed by atoms with Crippen molar-refractivity contribution in [1.29, 1.82) is 0 Å². The van der Waals surface area contributed by atoms with Crippen molar-refractivity contribution < 1.29 is 14.0 Å². The van der Waals surface area contributed by atoms with E-state index in [1.54, 1.807) is 24.3 Å². The summed E-state index contributed by atoms with van der Waals surface area (Å²) >= 11 is 0. The first-order valence-electron chi connectivity index (χ1n) is 10.5. The number of nitrogens with one attached hydrogen (secondary N) is 2. The Hall–Kier alpha value is -4.34. The number of carbonyl (C=O) groups excluding carboxylic acids is 2. The van der Waals surface area contributed by atoms with Gasteiger partial charge in [0.15, 0.2) is 5.69 Å². The fourth-order valence-corrected chi connectivity index (χ4v) is 3.29. The molecule has 0 saturated carbocycles. The van der Waals surface area contributed by atoms with Crippen LogP contribution in [0.3, 0.4) is 0 Å². The Morgan fingerprint density at radius 2 is 1.70 bits per heavy atom. The summed E-state index contributed by atoms with van der Waals surface area (Å²) in [6.45, 7) is 2.29. The molecule has 0 aliphatic heterocycles. The van der Waals surface area contributed by atoms with Gasteiger partial charge in [0.05, 0.1) is 5.39 Å². The predicted molar refractivity (Wildman–Crippen MR) is 120 cm³/mol. The number of carbonyl (C=O) groups is 2. The SMILES string of the molecule is CCCn1nc(C(=O)NNC(=O)CCc2nnc(-c3ccccc3)o2)c2ccccc2c1=O. The van der Waals surface area contributed by atoms with E-state index < -0.39 is 11.8 Å². The lowest BCUT2D eigenvalue weighted by atomic mass is 10.1. The Bertz CT molecular complexity index is 1350. The maximum Gasteiger partial charge on any atom is 0.290 e. The summed E-state index contributed by atoms with van der Waals surface area (Å²) in [7, 11) is 0. The maximum atomic E-state index is 12.7. The molecule has 0 bridgehead atoms. The van der Waals surface area contributed by atoms with Crippen LogP contribution in [-0.4, -0.2) is 31.8 Å². The fourth-order valence-electron chi connectivity index (χ4n) is 3.29. The van der Waals surface area contributed by atoms with Gasteiger partial charge in [-0.3, -0.25) is 25.2 Å². The van der Waals surface area contributed by atoms with E-state index in [-0.39, 0.29) is 24.1 Å². The van der Waals surface area contributed by atoms with Gasteiger partial charge < -0.3 is 4.42 Å². The number of fused-ring (bicyclic) bond motifs is 1. The molecule has 2 aromatic heterocycles. The molecule has 2 aromatic carbocycles. The van der Waals surface area contributed by atoms with Crippen molar-refractivity contribution in [1.82, 2.24) is 30.8 Å². The number of benzene rings is 2. The quantitative estimate of drug-likeness (QED) is 0.416. The van der Waals surface area contributed by atoms with Crippen molar-refractivity contribution in [3.05, 3.63) is 76.5 Å². The van der Waals surface area contributed by atoms with Gasteiger partial charge in [-0.1, -0.05) is 43.3 Å². The summed E-state index contributed by atoms with van der Waals surface area (Å²) in [6.07, 6.45) is 0.926. The Morgan fingerprint density at radius 3 is 2.45 bits per heavy atom. The Kier molecular flexibility index (Phi) is 6.53. The zero-order chi connectivity index (χ0) is 23.2. The molecule has 0 atom stereocenters. The van der Waals surface area contributed by atoms with Crippen molar-refractivity contribution >= 4 is 22.6 Å². The molecule has 168 valence electrons. The highest BCUT2D eigenvalue weighted by Crippen LogP contribution is 2.17.